The van der Waals surface area contributed by atoms with Crippen molar-refractivity contribution in [2.24, 2.45) is 4.40 Å². The fourth-order valence-electron chi connectivity index (χ4n) is 3.76. The lowest BCUT2D eigenvalue weighted by atomic mass is 10.1. The molecular formula is C23H19BrN4O4S. The molecule has 1 aliphatic heterocycles. The number of fused-ring (bicyclic) bond motifs is 2. The number of hydrogen-bond donors (Lipinski definition) is 5. The van der Waals surface area contributed by atoms with Gasteiger partial charge in [-0.15, -0.1) is 4.40 Å². The molecule has 0 aliphatic carbocycles. The second-order valence-electron chi connectivity index (χ2n) is 7.43. The van der Waals surface area contributed by atoms with Gasteiger partial charge in [0, 0.05) is 9.86 Å². The maximum absolute atomic E-state index is 13.6. The summed E-state index contributed by atoms with van der Waals surface area (Å²) >= 11 is 3.44. The van der Waals surface area contributed by atoms with Gasteiger partial charge in [0.15, 0.2) is 5.84 Å². The molecule has 4 aromatic rings. The topological polar surface area (TPSA) is 119 Å². The molecule has 8 nitrogen and oxygen atoms in total. The van der Waals surface area contributed by atoms with Crippen molar-refractivity contribution in [2.45, 2.75) is 11.4 Å². The van der Waals surface area contributed by atoms with Gasteiger partial charge in [-0.25, -0.2) is 4.68 Å². The van der Waals surface area contributed by atoms with Gasteiger partial charge in [-0.3, -0.25) is 13.9 Å². The molecule has 0 unspecified atom stereocenters. The first-order valence-electron chi connectivity index (χ1n) is 9.95. The number of aromatic hydroxyl groups is 1. The zero-order valence-electron chi connectivity index (χ0n) is 17.1. The summed E-state index contributed by atoms with van der Waals surface area (Å²) in [4.78, 5) is 13.8. The number of para-hydroxylation sites is 2. The van der Waals surface area contributed by atoms with E-state index in [4.69, 9.17) is 0 Å². The van der Waals surface area contributed by atoms with E-state index in [0.29, 0.717) is 23.1 Å². The van der Waals surface area contributed by atoms with Crippen LogP contribution in [0.2, 0.25) is 0 Å². The maximum Gasteiger partial charge on any atom is 0.284 e. The monoisotopic (exact) mass is 526 g/mol. The highest BCUT2D eigenvalue weighted by atomic mass is 79.9. The number of benzene rings is 3. The van der Waals surface area contributed by atoms with Gasteiger partial charge in [0.05, 0.1) is 17.7 Å². The van der Waals surface area contributed by atoms with Gasteiger partial charge in [-0.2, -0.15) is 0 Å². The predicted molar refractivity (Wildman–Crippen MR) is 135 cm³/mol. The Bertz CT molecular complexity index is 1490. The Balaban J connectivity index is 1.66. The van der Waals surface area contributed by atoms with Gasteiger partial charge in [0.2, 0.25) is 0 Å². The average molecular weight is 527 g/mol. The van der Waals surface area contributed by atoms with Gasteiger partial charge in [0.1, 0.15) is 16.2 Å². The first-order valence-corrected chi connectivity index (χ1v) is 12.2. The van der Waals surface area contributed by atoms with E-state index in [-0.39, 0.29) is 22.0 Å². The number of aromatic nitrogens is 1. The second kappa shape index (κ2) is 8.23. The maximum atomic E-state index is 13.6. The molecule has 5 rings (SSSR count). The first-order chi connectivity index (χ1) is 15.8. The molecule has 0 radical (unpaired) electrons. The molecule has 2 heterocycles. The van der Waals surface area contributed by atoms with Crippen LogP contribution < -0.4 is 16.3 Å². The minimum Gasteiger partial charge on any atom is -0.506 e. The Morgan fingerprint density at radius 3 is 2.61 bits per heavy atom. The summed E-state index contributed by atoms with van der Waals surface area (Å²) < 4.78 is 27.5. The molecule has 5 N–H and O–H groups in total. The zero-order valence-corrected chi connectivity index (χ0v) is 19.5. The van der Waals surface area contributed by atoms with Crippen LogP contribution in [0, 0.1) is 0 Å². The van der Waals surface area contributed by atoms with E-state index in [1.54, 1.807) is 48.5 Å². The summed E-state index contributed by atoms with van der Waals surface area (Å²) in [6, 6.07) is 21.2. The summed E-state index contributed by atoms with van der Waals surface area (Å²) in [5.41, 5.74) is 4.19. The van der Waals surface area contributed by atoms with E-state index in [1.165, 1.54) is 4.68 Å². The van der Waals surface area contributed by atoms with Crippen LogP contribution in [-0.2, 0) is 6.54 Å². The summed E-state index contributed by atoms with van der Waals surface area (Å²) in [7, 11) is -3.56. The highest BCUT2D eigenvalue weighted by Crippen LogP contribution is 2.55. The molecule has 0 spiro atoms. The van der Waals surface area contributed by atoms with Crippen molar-refractivity contribution in [3.63, 3.8) is 0 Å². The van der Waals surface area contributed by atoms with Gasteiger partial charge >= 0.3 is 0 Å². The van der Waals surface area contributed by atoms with E-state index in [1.807, 2.05) is 24.3 Å². The second-order valence-corrected chi connectivity index (χ2v) is 10.0. The van der Waals surface area contributed by atoms with Crippen LogP contribution in [0.5, 0.6) is 5.75 Å². The van der Waals surface area contributed by atoms with Crippen molar-refractivity contribution >= 4 is 49.1 Å². The molecule has 10 heteroatoms. The molecule has 0 amide bonds. The summed E-state index contributed by atoms with van der Waals surface area (Å²) in [5, 5.41) is 14.4. The normalized spacial score (nSPS) is 15.3. The average Bonchev–Trinajstić information content (AvgIpc) is 2.79. The van der Waals surface area contributed by atoms with Crippen molar-refractivity contribution in [2.75, 3.05) is 10.7 Å². The van der Waals surface area contributed by atoms with E-state index in [9.17, 15) is 19.0 Å². The third kappa shape index (κ3) is 3.87. The van der Waals surface area contributed by atoms with E-state index in [0.717, 1.165) is 10.0 Å². The highest BCUT2D eigenvalue weighted by Gasteiger charge is 2.30. The minimum absolute atomic E-state index is 0.111. The number of amidine groups is 1. The lowest BCUT2D eigenvalue weighted by molar-refractivity contribution is 0.478. The lowest BCUT2D eigenvalue weighted by Gasteiger charge is -2.34. The van der Waals surface area contributed by atoms with Crippen LogP contribution in [0.25, 0.3) is 10.9 Å². The number of halogens is 1. The Morgan fingerprint density at radius 2 is 1.79 bits per heavy atom. The molecule has 3 aromatic carbocycles. The Kier molecular flexibility index (Phi) is 5.37. The quantitative estimate of drug-likeness (QED) is 0.252. The molecule has 1 aromatic heterocycles. The van der Waals surface area contributed by atoms with E-state index < -0.39 is 16.3 Å². The third-order valence-corrected chi connectivity index (χ3v) is 7.15. The zero-order chi connectivity index (χ0) is 23.2. The van der Waals surface area contributed by atoms with Gasteiger partial charge < -0.3 is 15.8 Å². The van der Waals surface area contributed by atoms with Crippen LogP contribution in [0.4, 0.5) is 5.69 Å². The van der Waals surface area contributed by atoms with Crippen LogP contribution in [-0.4, -0.2) is 24.7 Å². The lowest BCUT2D eigenvalue weighted by Crippen LogP contribution is -2.36. The summed E-state index contributed by atoms with van der Waals surface area (Å²) in [6.45, 7) is 0.339. The predicted octanol–water partition coefficient (Wildman–Crippen LogP) is 5.11. The Hall–Kier alpha value is -3.31. The fourth-order valence-corrected chi connectivity index (χ4v) is 5.37. The molecule has 1 aliphatic rings. The number of nitrogens with one attached hydrogen (secondary N) is 2. The van der Waals surface area contributed by atoms with Crippen LogP contribution in [0.1, 0.15) is 11.1 Å². The number of anilines is 1. The smallest absolute Gasteiger partial charge is 0.284 e. The van der Waals surface area contributed by atoms with Gasteiger partial charge in [-0.1, -0.05) is 63.1 Å². The van der Waals surface area contributed by atoms with Crippen molar-refractivity contribution < 1.29 is 14.2 Å². The van der Waals surface area contributed by atoms with Crippen LogP contribution in [0.3, 0.4) is 0 Å². The van der Waals surface area contributed by atoms with E-state index in [2.05, 4.69) is 31.1 Å². The van der Waals surface area contributed by atoms with Crippen molar-refractivity contribution in [1.82, 2.24) is 4.68 Å². The molecule has 0 atom stereocenters. The number of pyridine rings is 1. The first kappa shape index (κ1) is 21.5. The van der Waals surface area contributed by atoms with E-state index >= 15 is 0 Å². The Morgan fingerprint density at radius 1 is 1.03 bits per heavy atom. The summed E-state index contributed by atoms with van der Waals surface area (Å²) in [6.07, 6.45) is 0. The molecule has 168 valence electrons. The van der Waals surface area contributed by atoms with Crippen LogP contribution in [0.15, 0.2) is 91.4 Å². The molecule has 0 saturated heterocycles. The third-order valence-electron chi connectivity index (χ3n) is 5.27. The molecule has 33 heavy (non-hydrogen) atoms. The largest absolute Gasteiger partial charge is 0.506 e. The number of rotatable bonds is 4. The number of hydrogen-bond acceptors (Lipinski definition) is 7. The minimum atomic E-state index is -3.56. The summed E-state index contributed by atoms with van der Waals surface area (Å²) in [5.74, 6) is -0.406. The fraction of sp³-hybridized carbons (Fsp3) is 0.0435. The SMILES string of the molecule is O=c1c(C2=NS(O)(O)c3ccccc3N2)c(O)c2ccccc2n1NCc1cccc(Br)c1. The highest BCUT2D eigenvalue weighted by molar-refractivity contribution is 9.10. The number of nitrogens with zero attached hydrogens (tertiary/aromatic N) is 2. The molecule has 0 saturated carbocycles. The molecular weight excluding hydrogens is 508 g/mol. The van der Waals surface area contributed by atoms with Crippen LogP contribution >= 0.6 is 26.7 Å². The standard InChI is InChI=1S/C23H19BrN4O4S/c24-15-7-5-6-14(12-15)13-25-28-18-10-3-1-8-16(18)21(29)20(23(28)30)22-26-17-9-2-4-11-19(17)33(31,32)27-22/h1-12,25,29,31-32H,13H2,(H,26,27). The van der Waals surface area contributed by atoms with Crippen molar-refractivity contribution in [3.05, 3.63) is 98.7 Å². The van der Waals surface area contributed by atoms with Gasteiger partial charge in [-0.05, 0) is 42.0 Å². The molecule has 0 bridgehead atoms. The molecule has 0 fully saturated rings. The van der Waals surface area contributed by atoms with Crippen molar-refractivity contribution in [3.8, 4) is 5.75 Å². The Labute approximate surface area is 198 Å². The van der Waals surface area contributed by atoms with Crippen molar-refractivity contribution in [1.29, 1.82) is 0 Å². The van der Waals surface area contributed by atoms with Gasteiger partial charge in [0.25, 0.3) is 5.56 Å².